The smallest absolute Gasteiger partial charge is 0.314 e. The number of hydrogen-bond donors (Lipinski definition) is 0. The molecule has 102 valence electrons. The maximum atomic E-state index is 11.9. The summed E-state index contributed by atoms with van der Waals surface area (Å²) in [7, 11) is 0. The Labute approximate surface area is 119 Å². The minimum atomic E-state index is -0.0741. The van der Waals surface area contributed by atoms with Crippen molar-refractivity contribution in [2.24, 2.45) is 5.92 Å². The van der Waals surface area contributed by atoms with Crippen LogP contribution >= 0.6 is 0 Å². The third-order valence-corrected chi connectivity index (χ3v) is 3.87. The van der Waals surface area contributed by atoms with E-state index in [1.165, 1.54) is 5.56 Å². The summed E-state index contributed by atoms with van der Waals surface area (Å²) in [5.74, 6) is 0.667. The largest absolute Gasteiger partial charge is 0.426 e. The molecular weight excluding hydrogens is 248 g/mol. The van der Waals surface area contributed by atoms with Crippen LogP contribution in [-0.4, -0.2) is 5.97 Å². The molecular formula is C18H18O2. The van der Waals surface area contributed by atoms with Crippen molar-refractivity contribution >= 4 is 5.97 Å². The average molecular weight is 266 g/mol. The predicted molar refractivity (Wildman–Crippen MR) is 79.5 cm³/mol. The quantitative estimate of drug-likeness (QED) is 0.606. The molecule has 3 rings (SSSR count). The molecule has 1 aliphatic rings. The highest BCUT2D eigenvalue weighted by Gasteiger charge is 2.24. The van der Waals surface area contributed by atoms with E-state index in [2.05, 4.69) is 12.1 Å². The van der Waals surface area contributed by atoms with Crippen LogP contribution in [0.5, 0.6) is 5.75 Å². The van der Waals surface area contributed by atoms with Gasteiger partial charge in [-0.1, -0.05) is 55.3 Å². The van der Waals surface area contributed by atoms with Crippen molar-refractivity contribution in [1.29, 1.82) is 0 Å². The molecule has 1 saturated carbocycles. The number of ether oxygens (including phenoxy) is 1. The van der Waals surface area contributed by atoms with Crippen molar-refractivity contribution in [3.63, 3.8) is 0 Å². The summed E-state index contributed by atoms with van der Waals surface area (Å²) in [5, 5.41) is 0. The minimum absolute atomic E-state index is 0.0741. The van der Waals surface area contributed by atoms with E-state index in [9.17, 15) is 4.79 Å². The maximum Gasteiger partial charge on any atom is 0.314 e. The molecule has 0 atom stereocenters. The Balaban J connectivity index is 1.68. The van der Waals surface area contributed by atoms with Crippen LogP contribution in [0.3, 0.4) is 0 Å². The summed E-state index contributed by atoms with van der Waals surface area (Å²) in [6.07, 6.45) is 4.24. The lowest BCUT2D eigenvalue weighted by Gasteiger charge is -2.09. The number of esters is 1. The van der Waals surface area contributed by atoms with Crippen molar-refractivity contribution < 1.29 is 9.53 Å². The topological polar surface area (TPSA) is 26.3 Å². The van der Waals surface area contributed by atoms with E-state index in [-0.39, 0.29) is 11.9 Å². The molecule has 1 fully saturated rings. The highest BCUT2D eigenvalue weighted by Crippen LogP contribution is 2.27. The average Bonchev–Trinajstić information content (AvgIpc) is 3.03. The lowest BCUT2D eigenvalue weighted by Crippen LogP contribution is -2.17. The summed E-state index contributed by atoms with van der Waals surface area (Å²) in [6.45, 7) is 0. The molecule has 0 aliphatic heterocycles. The van der Waals surface area contributed by atoms with Gasteiger partial charge in [0.2, 0.25) is 0 Å². The van der Waals surface area contributed by atoms with Crippen LogP contribution in [0, 0.1) is 5.92 Å². The van der Waals surface area contributed by atoms with Gasteiger partial charge >= 0.3 is 5.97 Å². The molecule has 2 heteroatoms. The van der Waals surface area contributed by atoms with Gasteiger partial charge in [0.15, 0.2) is 0 Å². The monoisotopic (exact) mass is 266 g/mol. The lowest BCUT2D eigenvalue weighted by molar-refractivity contribution is -0.138. The zero-order valence-corrected chi connectivity index (χ0v) is 11.4. The van der Waals surface area contributed by atoms with Gasteiger partial charge in [-0.2, -0.15) is 0 Å². The van der Waals surface area contributed by atoms with E-state index in [4.69, 9.17) is 4.74 Å². The fourth-order valence-corrected chi connectivity index (χ4v) is 2.71. The van der Waals surface area contributed by atoms with Gasteiger partial charge in [0, 0.05) is 0 Å². The normalized spacial score (nSPS) is 15.2. The molecule has 0 N–H and O–H groups in total. The SMILES string of the molecule is O=C(Oc1ccc(-c2ccccc2)cc1)C1CCCC1. The molecule has 0 radical (unpaired) electrons. The summed E-state index contributed by atoms with van der Waals surface area (Å²) in [5.41, 5.74) is 2.30. The van der Waals surface area contributed by atoms with Crippen LogP contribution in [0.2, 0.25) is 0 Å². The van der Waals surface area contributed by atoms with E-state index in [0.29, 0.717) is 5.75 Å². The van der Waals surface area contributed by atoms with Crippen LogP contribution in [0.1, 0.15) is 25.7 Å². The van der Waals surface area contributed by atoms with Crippen molar-refractivity contribution in [2.75, 3.05) is 0 Å². The van der Waals surface area contributed by atoms with Gasteiger partial charge < -0.3 is 4.74 Å². The first-order chi connectivity index (χ1) is 9.83. The Morgan fingerprint density at radius 1 is 0.850 bits per heavy atom. The summed E-state index contributed by atoms with van der Waals surface area (Å²) < 4.78 is 5.45. The van der Waals surface area contributed by atoms with E-state index in [1.807, 2.05) is 42.5 Å². The first-order valence-electron chi connectivity index (χ1n) is 7.20. The standard InChI is InChI=1S/C18H18O2/c19-18(16-8-4-5-9-16)20-17-12-10-15(11-13-17)14-6-2-1-3-7-14/h1-3,6-7,10-13,16H,4-5,8-9H2. The van der Waals surface area contributed by atoms with E-state index in [1.54, 1.807) is 0 Å². The molecule has 0 aromatic heterocycles. The van der Waals surface area contributed by atoms with Gasteiger partial charge in [0.05, 0.1) is 5.92 Å². The van der Waals surface area contributed by atoms with E-state index in [0.717, 1.165) is 31.2 Å². The van der Waals surface area contributed by atoms with Crippen LogP contribution < -0.4 is 4.74 Å². The summed E-state index contributed by atoms with van der Waals surface area (Å²) in [4.78, 5) is 11.9. The molecule has 0 bridgehead atoms. The molecule has 2 nitrogen and oxygen atoms in total. The Kier molecular flexibility index (Phi) is 3.82. The second kappa shape index (κ2) is 5.91. The molecule has 0 heterocycles. The molecule has 0 amide bonds. The Hall–Kier alpha value is -2.09. The van der Waals surface area contributed by atoms with Crippen LogP contribution in [0.15, 0.2) is 54.6 Å². The molecule has 0 saturated heterocycles. The van der Waals surface area contributed by atoms with Crippen LogP contribution in [-0.2, 0) is 4.79 Å². The van der Waals surface area contributed by atoms with Gasteiger partial charge in [-0.15, -0.1) is 0 Å². The minimum Gasteiger partial charge on any atom is -0.426 e. The summed E-state index contributed by atoms with van der Waals surface area (Å²) >= 11 is 0. The number of hydrogen-bond acceptors (Lipinski definition) is 2. The van der Waals surface area contributed by atoms with Crippen molar-refractivity contribution in [2.45, 2.75) is 25.7 Å². The van der Waals surface area contributed by atoms with Gasteiger partial charge in [-0.05, 0) is 36.1 Å². The zero-order chi connectivity index (χ0) is 13.8. The highest BCUT2D eigenvalue weighted by molar-refractivity contribution is 5.75. The number of rotatable bonds is 3. The zero-order valence-electron chi connectivity index (χ0n) is 11.4. The number of carbonyl (C=O) groups is 1. The van der Waals surface area contributed by atoms with Crippen molar-refractivity contribution in [1.82, 2.24) is 0 Å². The Bertz CT molecular complexity index is 566. The van der Waals surface area contributed by atoms with Gasteiger partial charge in [-0.3, -0.25) is 4.79 Å². The third-order valence-electron chi connectivity index (χ3n) is 3.87. The second-order valence-electron chi connectivity index (χ2n) is 5.29. The number of carbonyl (C=O) groups excluding carboxylic acids is 1. The first-order valence-corrected chi connectivity index (χ1v) is 7.20. The maximum absolute atomic E-state index is 11.9. The van der Waals surface area contributed by atoms with Crippen LogP contribution in [0.4, 0.5) is 0 Å². The van der Waals surface area contributed by atoms with Gasteiger partial charge in [0.25, 0.3) is 0 Å². The molecule has 2 aromatic carbocycles. The highest BCUT2D eigenvalue weighted by atomic mass is 16.5. The molecule has 0 unspecified atom stereocenters. The fourth-order valence-electron chi connectivity index (χ4n) is 2.71. The Morgan fingerprint density at radius 2 is 1.45 bits per heavy atom. The van der Waals surface area contributed by atoms with Gasteiger partial charge in [-0.25, -0.2) is 0 Å². The molecule has 2 aromatic rings. The lowest BCUT2D eigenvalue weighted by atomic mass is 10.1. The van der Waals surface area contributed by atoms with E-state index >= 15 is 0 Å². The van der Waals surface area contributed by atoms with E-state index < -0.39 is 0 Å². The third kappa shape index (κ3) is 2.90. The van der Waals surface area contributed by atoms with Crippen molar-refractivity contribution in [3.05, 3.63) is 54.6 Å². The fraction of sp³-hybridized carbons (Fsp3) is 0.278. The second-order valence-corrected chi connectivity index (χ2v) is 5.29. The predicted octanol–water partition coefficient (Wildman–Crippen LogP) is 4.45. The summed E-state index contributed by atoms with van der Waals surface area (Å²) in [6, 6.07) is 17.9. The Morgan fingerprint density at radius 3 is 2.10 bits per heavy atom. The number of benzene rings is 2. The first kappa shape index (κ1) is 12.9. The molecule has 20 heavy (non-hydrogen) atoms. The van der Waals surface area contributed by atoms with Crippen LogP contribution in [0.25, 0.3) is 11.1 Å². The molecule has 0 spiro atoms. The van der Waals surface area contributed by atoms with Crippen molar-refractivity contribution in [3.8, 4) is 16.9 Å². The van der Waals surface area contributed by atoms with Gasteiger partial charge in [0.1, 0.15) is 5.75 Å². The molecule has 1 aliphatic carbocycles.